The second kappa shape index (κ2) is 6.37. The van der Waals surface area contributed by atoms with E-state index in [0.29, 0.717) is 5.56 Å². The normalized spacial score (nSPS) is 12.2. The van der Waals surface area contributed by atoms with Gasteiger partial charge in [-0.3, -0.25) is 4.79 Å². The van der Waals surface area contributed by atoms with Crippen LogP contribution in [-0.4, -0.2) is 37.8 Å². The van der Waals surface area contributed by atoms with Crippen molar-refractivity contribution in [1.29, 1.82) is 0 Å². The Morgan fingerprint density at radius 2 is 1.80 bits per heavy atom. The van der Waals surface area contributed by atoms with E-state index in [0.717, 1.165) is 0 Å². The van der Waals surface area contributed by atoms with E-state index in [4.69, 9.17) is 0 Å². The summed E-state index contributed by atoms with van der Waals surface area (Å²) in [6, 6.07) is 5.95. The fraction of sp³-hybridized carbons (Fsp3) is 0.500. The van der Waals surface area contributed by atoms with E-state index in [1.54, 1.807) is 26.0 Å². The van der Waals surface area contributed by atoms with Crippen molar-refractivity contribution >= 4 is 15.9 Å². The maximum Gasteiger partial charge on any atom is 0.251 e. The van der Waals surface area contributed by atoms with Crippen LogP contribution >= 0.6 is 0 Å². The van der Waals surface area contributed by atoms with Gasteiger partial charge in [-0.1, -0.05) is 6.07 Å². The van der Waals surface area contributed by atoms with Gasteiger partial charge < -0.3 is 5.32 Å². The predicted molar refractivity (Wildman–Crippen MR) is 79.1 cm³/mol. The van der Waals surface area contributed by atoms with Gasteiger partial charge >= 0.3 is 0 Å². The summed E-state index contributed by atoms with van der Waals surface area (Å²) in [6.45, 7) is 7.30. The molecule has 5 nitrogen and oxygen atoms in total. The zero-order valence-electron chi connectivity index (χ0n) is 12.5. The Labute approximate surface area is 121 Å². The van der Waals surface area contributed by atoms with Gasteiger partial charge in [-0.2, -0.15) is 4.31 Å². The van der Waals surface area contributed by atoms with Crippen LogP contribution in [0.15, 0.2) is 29.2 Å². The molecule has 1 amide bonds. The highest BCUT2D eigenvalue weighted by atomic mass is 32.2. The molecule has 0 heterocycles. The standard InChI is InChI=1S/C14H22N2O3S/c1-10(2)15-14(17)12-7-6-8-13(9-12)20(18,19)16(5)11(3)4/h6-11H,1-5H3,(H,15,17). The van der Waals surface area contributed by atoms with Gasteiger partial charge in [-0.05, 0) is 45.9 Å². The minimum atomic E-state index is -3.57. The van der Waals surface area contributed by atoms with E-state index >= 15 is 0 Å². The number of carbonyl (C=O) groups excluding carboxylic acids is 1. The van der Waals surface area contributed by atoms with E-state index in [2.05, 4.69) is 5.32 Å². The fourth-order valence-electron chi connectivity index (χ4n) is 1.59. The van der Waals surface area contributed by atoms with Gasteiger partial charge in [-0.25, -0.2) is 8.42 Å². The molecule has 0 radical (unpaired) electrons. The highest BCUT2D eigenvalue weighted by Crippen LogP contribution is 2.17. The van der Waals surface area contributed by atoms with Crippen LogP contribution in [0.5, 0.6) is 0 Å². The number of nitrogens with zero attached hydrogens (tertiary/aromatic N) is 1. The van der Waals surface area contributed by atoms with Gasteiger partial charge in [0.2, 0.25) is 10.0 Å². The SMILES string of the molecule is CC(C)NC(=O)c1cccc(S(=O)(=O)N(C)C(C)C)c1. The Bertz CT molecular complexity index is 580. The lowest BCUT2D eigenvalue weighted by molar-refractivity contribution is 0.0943. The van der Waals surface area contributed by atoms with Crippen LogP contribution in [-0.2, 0) is 10.0 Å². The second-order valence-corrected chi connectivity index (χ2v) is 7.27. The molecule has 0 atom stereocenters. The maximum absolute atomic E-state index is 12.4. The second-order valence-electron chi connectivity index (χ2n) is 5.27. The molecule has 0 saturated carbocycles. The highest BCUT2D eigenvalue weighted by molar-refractivity contribution is 7.89. The molecule has 1 rings (SSSR count). The number of benzene rings is 1. The summed E-state index contributed by atoms with van der Waals surface area (Å²) in [5.41, 5.74) is 0.344. The summed E-state index contributed by atoms with van der Waals surface area (Å²) in [5.74, 6) is -0.274. The van der Waals surface area contributed by atoms with Crippen molar-refractivity contribution in [2.24, 2.45) is 0 Å². The molecule has 6 heteroatoms. The number of carbonyl (C=O) groups is 1. The fourth-order valence-corrected chi connectivity index (χ4v) is 3.00. The molecule has 0 aliphatic rings. The molecular weight excluding hydrogens is 276 g/mol. The molecule has 1 aromatic rings. The van der Waals surface area contributed by atoms with Crippen LogP contribution in [0.2, 0.25) is 0 Å². The van der Waals surface area contributed by atoms with Crippen molar-refractivity contribution in [3.05, 3.63) is 29.8 Å². The van der Waals surface area contributed by atoms with Gasteiger partial charge in [0.1, 0.15) is 0 Å². The van der Waals surface area contributed by atoms with Crippen molar-refractivity contribution in [3.8, 4) is 0 Å². The Morgan fingerprint density at radius 1 is 1.20 bits per heavy atom. The molecule has 0 aliphatic carbocycles. The van der Waals surface area contributed by atoms with E-state index in [9.17, 15) is 13.2 Å². The Balaban J connectivity index is 3.14. The molecule has 0 aromatic heterocycles. The monoisotopic (exact) mass is 298 g/mol. The van der Waals surface area contributed by atoms with E-state index in [-0.39, 0.29) is 22.9 Å². The summed E-state index contributed by atoms with van der Waals surface area (Å²) >= 11 is 0. The van der Waals surface area contributed by atoms with Crippen molar-refractivity contribution in [3.63, 3.8) is 0 Å². The first-order chi connectivity index (χ1) is 9.16. The number of hydrogen-bond donors (Lipinski definition) is 1. The molecule has 0 bridgehead atoms. The zero-order valence-corrected chi connectivity index (χ0v) is 13.4. The molecule has 0 unspecified atom stereocenters. The molecule has 112 valence electrons. The third-order valence-corrected chi connectivity index (χ3v) is 4.95. The average molecular weight is 298 g/mol. The lowest BCUT2D eigenvalue weighted by atomic mass is 10.2. The Morgan fingerprint density at radius 3 is 2.30 bits per heavy atom. The van der Waals surface area contributed by atoms with Crippen LogP contribution in [0.3, 0.4) is 0 Å². The first kappa shape index (κ1) is 16.7. The van der Waals surface area contributed by atoms with Crippen molar-refractivity contribution in [1.82, 2.24) is 9.62 Å². The lowest BCUT2D eigenvalue weighted by Crippen LogP contribution is -2.33. The zero-order chi connectivity index (χ0) is 15.5. The topological polar surface area (TPSA) is 66.5 Å². The number of sulfonamides is 1. The van der Waals surface area contributed by atoms with Crippen molar-refractivity contribution in [2.45, 2.75) is 44.7 Å². The molecule has 0 fully saturated rings. The first-order valence-corrected chi connectivity index (χ1v) is 7.99. The predicted octanol–water partition coefficient (Wildman–Crippen LogP) is 1.85. The quantitative estimate of drug-likeness (QED) is 0.902. The first-order valence-electron chi connectivity index (χ1n) is 6.55. The number of amides is 1. The number of rotatable bonds is 5. The summed E-state index contributed by atoms with van der Waals surface area (Å²) in [7, 11) is -2.04. The van der Waals surface area contributed by atoms with Crippen LogP contribution in [0.1, 0.15) is 38.1 Å². The molecule has 1 N–H and O–H groups in total. The van der Waals surface area contributed by atoms with Crippen LogP contribution in [0.4, 0.5) is 0 Å². The molecule has 0 saturated heterocycles. The molecule has 1 aromatic carbocycles. The molecule has 0 spiro atoms. The molecule has 20 heavy (non-hydrogen) atoms. The maximum atomic E-state index is 12.4. The molecular formula is C14H22N2O3S. The minimum absolute atomic E-state index is 0.00102. The average Bonchev–Trinajstić information content (AvgIpc) is 2.37. The van der Waals surface area contributed by atoms with Gasteiger partial charge in [0, 0.05) is 24.7 Å². The summed E-state index contributed by atoms with van der Waals surface area (Å²) < 4.78 is 26.0. The lowest BCUT2D eigenvalue weighted by Gasteiger charge is -2.21. The van der Waals surface area contributed by atoms with Crippen LogP contribution in [0.25, 0.3) is 0 Å². The van der Waals surface area contributed by atoms with Crippen molar-refractivity contribution in [2.75, 3.05) is 7.05 Å². The third kappa shape index (κ3) is 3.80. The van der Waals surface area contributed by atoms with E-state index in [1.807, 2.05) is 13.8 Å². The van der Waals surface area contributed by atoms with Crippen LogP contribution < -0.4 is 5.32 Å². The smallest absolute Gasteiger partial charge is 0.251 e. The molecule has 0 aliphatic heterocycles. The summed E-state index contributed by atoms with van der Waals surface area (Å²) in [5, 5.41) is 2.74. The Hall–Kier alpha value is -1.40. The van der Waals surface area contributed by atoms with Gasteiger partial charge in [0.05, 0.1) is 4.90 Å². The number of hydrogen-bond acceptors (Lipinski definition) is 3. The summed E-state index contributed by atoms with van der Waals surface area (Å²) in [4.78, 5) is 12.0. The van der Waals surface area contributed by atoms with Gasteiger partial charge in [0.15, 0.2) is 0 Å². The summed E-state index contributed by atoms with van der Waals surface area (Å²) in [6.07, 6.45) is 0. The van der Waals surface area contributed by atoms with E-state index < -0.39 is 10.0 Å². The number of nitrogens with one attached hydrogen (secondary N) is 1. The van der Waals surface area contributed by atoms with Gasteiger partial charge in [0.25, 0.3) is 5.91 Å². The largest absolute Gasteiger partial charge is 0.350 e. The Kier molecular flexibility index (Phi) is 5.30. The van der Waals surface area contributed by atoms with Crippen LogP contribution in [0, 0.1) is 0 Å². The minimum Gasteiger partial charge on any atom is -0.350 e. The highest BCUT2D eigenvalue weighted by Gasteiger charge is 2.23. The third-order valence-electron chi connectivity index (χ3n) is 2.92. The van der Waals surface area contributed by atoms with E-state index in [1.165, 1.54) is 23.5 Å². The van der Waals surface area contributed by atoms with Crippen molar-refractivity contribution < 1.29 is 13.2 Å². The van der Waals surface area contributed by atoms with Gasteiger partial charge in [-0.15, -0.1) is 0 Å².